The van der Waals surface area contributed by atoms with Crippen LogP contribution in [-0.2, 0) is 0 Å². The van der Waals surface area contributed by atoms with E-state index in [0.717, 1.165) is 22.1 Å². The summed E-state index contributed by atoms with van der Waals surface area (Å²) in [6.07, 6.45) is 3.40. The van der Waals surface area contributed by atoms with Crippen LogP contribution >= 0.6 is 0 Å². The number of aromatic nitrogens is 3. The second-order valence-electron chi connectivity index (χ2n) is 5.69. The monoisotopic (exact) mass is 316 g/mol. The van der Waals surface area contributed by atoms with E-state index in [1.54, 1.807) is 12.4 Å². The van der Waals surface area contributed by atoms with Crippen molar-refractivity contribution in [2.24, 2.45) is 0 Å². The quantitative estimate of drug-likeness (QED) is 0.630. The van der Waals surface area contributed by atoms with Gasteiger partial charge in [0, 0.05) is 0 Å². The Labute approximate surface area is 139 Å². The molecule has 2 heterocycles. The fourth-order valence-corrected chi connectivity index (χ4v) is 2.85. The summed E-state index contributed by atoms with van der Waals surface area (Å²) in [6.45, 7) is 1.96. The van der Waals surface area contributed by atoms with Gasteiger partial charge in [-0.2, -0.15) is 0 Å². The molecule has 24 heavy (non-hydrogen) atoms. The molecule has 4 aromatic rings. The number of carbonyl (C=O) groups excluding carboxylic acids is 1. The number of hydrogen-bond donors (Lipinski definition) is 1. The molecule has 0 bridgehead atoms. The van der Waals surface area contributed by atoms with Crippen molar-refractivity contribution in [1.82, 2.24) is 19.7 Å². The van der Waals surface area contributed by atoms with Gasteiger partial charge in [0.2, 0.25) is 5.82 Å². The predicted molar refractivity (Wildman–Crippen MR) is 92.8 cm³/mol. The maximum Gasteiger partial charge on any atom is 0.288 e. The predicted octanol–water partition coefficient (Wildman–Crippen LogP) is 3.37. The van der Waals surface area contributed by atoms with Gasteiger partial charge in [0.25, 0.3) is 5.91 Å². The molecule has 1 atom stereocenters. The fourth-order valence-electron chi connectivity index (χ4n) is 2.85. The molecule has 0 aliphatic rings. The zero-order chi connectivity index (χ0) is 16.5. The molecule has 0 saturated heterocycles. The molecule has 1 amide bonds. The highest BCUT2D eigenvalue weighted by Crippen LogP contribution is 2.17. The highest BCUT2D eigenvalue weighted by atomic mass is 16.2. The zero-order valence-corrected chi connectivity index (χ0v) is 13.2. The molecule has 0 fully saturated rings. The third-order valence-electron chi connectivity index (χ3n) is 4.10. The van der Waals surface area contributed by atoms with E-state index in [1.807, 2.05) is 65.9 Å². The second-order valence-corrected chi connectivity index (χ2v) is 5.69. The minimum absolute atomic E-state index is 0.0980. The summed E-state index contributed by atoms with van der Waals surface area (Å²) in [5.74, 6) is 0.161. The van der Waals surface area contributed by atoms with Crippen molar-refractivity contribution in [2.45, 2.75) is 13.0 Å². The van der Waals surface area contributed by atoms with E-state index in [-0.39, 0.29) is 11.9 Å². The molecule has 4 rings (SSSR count). The first kappa shape index (κ1) is 14.4. The molecule has 0 aliphatic heterocycles. The molecule has 5 nitrogen and oxygen atoms in total. The Bertz CT molecular complexity index is 1020. The van der Waals surface area contributed by atoms with Crippen LogP contribution in [0.4, 0.5) is 0 Å². The van der Waals surface area contributed by atoms with Crippen molar-refractivity contribution in [3.05, 3.63) is 78.4 Å². The number of nitrogens with one attached hydrogen (secondary N) is 1. The number of rotatable bonds is 3. The number of amides is 1. The Morgan fingerprint density at radius 2 is 1.71 bits per heavy atom. The van der Waals surface area contributed by atoms with Gasteiger partial charge in [0.1, 0.15) is 0 Å². The lowest BCUT2D eigenvalue weighted by atomic mass is 10.1. The molecule has 1 unspecified atom stereocenters. The number of hydrogen-bond acceptors (Lipinski definition) is 3. The first-order chi connectivity index (χ1) is 11.7. The number of fused-ring (bicyclic) bond motifs is 3. The molecule has 2 aromatic carbocycles. The summed E-state index contributed by atoms with van der Waals surface area (Å²) in [6, 6.07) is 17.5. The zero-order valence-electron chi connectivity index (χ0n) is 13.2. The van der Waals surface area contributed by atoms with Crippen molar-refractivity contribution < 1.29 is 4.79 Å². The molecular weight excluding hydrogens is 300 g/mol. The van der Waals surface area contributed by atoms with E-state index in [0.29, 0.717) is 5.82 Å². The summed E-state index contributed by atoms with van der Waals surface area (Å²) in [5, 5.41) is 3.01. The van der Waals surface area contributed by atoms with E-state index in [2.05, 4.69) is 15.3 Å². The van der Waals surface area contributed by atoms with E-state index in [4.69, 9.17) is 0 Å². The fraction of sp³-hybridized carbons (Fsp3) is 0.105. The van der Waals surface area contributed by atoms with Crippen molar-refractivity contribution in [3.63, 3.8) is 0 Å². The number of nitrogens with zero attached hydrogens (tertiary/aromatic N) is 3. The summed E-state index contributed by atoms with van der Waals surface area (Å²) in [4.78, 5) is 21.4. The largest absolute Gasteiger partial charge is 0.343 e. The van der Waals surface area contributed by atoms with Crippen LogP contribution in [0.5, 0.6) is 0 Å². The molecule has 0 aliphatic carbocycles. The van der Waals surface area contributed by atoms with Gasteiger partial charge >= 0.3 is 0 Å². The van der Waals surface area contributed by atoms with E-state index < -0.39 is 0 Å². The van der Waals surface area contributed by atoms with Crippen molar-refractivity contribution >= 4 is 22.5 Å². The van der Waals surface area contributed by atoms with Crippen molar-refractivity contribution in [1.29, 1.82) is 0 Å². The summed E-state index contributed by atoms with van der Waals surface area (Å²) in [7, 11) is 0. The number of benzene rings is 2. The highest BCUT2D eigenvalue weighted by Gasteiger charge is 2.17. The van der Waals surface area contributed by atoms with E-state index in [9.17, 15) is 4.79 Å². The van der Waals surface area contributed by atoms with E-state index >= 15 is 0 Å². The van der Waals surface area contributed by atoms with E-state index in [1.165, 1.54) is 0 Å². The van der Waals surface area contributed by atoms with Crippen LogP contribution < -0.4 is 5.32 Å². The second kappa shape index (κ2) is 5.77. The summed E-state index contributed by atoms with van der Waals surface area (Å²) >= 11 is 0. The highest BCUT2D eigenvalue weighted by molar-refractivity contribution is 5.94. The standard InChI is InChI=1S/C19H16N4O/c1-13(14-7-3-2-4-8-14)22-19(24)18-21-12-15-11-20-16-9-5-6-10-17(16)23(15)18/h2-13H,1H3,(H,22,24). The van der Waals surface area contributed by atoms with Crippen molar-refractivity contribution in [2.75, 3.05) is 0 Å². The maximum atomic E-state index is 12.7. The van der Waals surface area contributed by atoms with Gasteiger partial charge in [-0.3, -0.25) is 14.2 Å². The van der Waals surface area contributed by atoms with Crippen LogP contribution in [0.15, 0.2) is 67.0 Å². The lowest BCUT2D eigenvalue weighted by molar-refractivity contribution is 0.0929. The molecule has 0 spiro atoms. The Morgan fingerprint density at radius 3 is 2.54 bits per heavy atom. The summed E-state index contributed by atoms with van der Waals surface area (Å²) < 4.78 is 1.84. The molecular formula is C19H16N4O. The Balaban J connectivity index is 1.74. The van der Waals surface area contributed by atoms with Gasteiger partial charge < -0.3 is 5.32 Å². The van der Waals surface area contributed by atoms with Crippen LogP contribution in [0.3, 0.4) is 0 Å². The first-order valence-electron chi connectivity index (χ1n) is 7.81. The number of imidazole rings is 1. The number of para-hydroxylation sites is 2. The normalized spacial score (nSPS) is 12.4. The van der Waals surface area contributed by atoms with Gasteiger partial charge in [-0.15, -0.1) is 0 Å². The van der Waals surface area contributed by atoms with Gasteiger partial charge in [-0.25, -0.2) is 4.98 Å². The molecule has 5 heteroatoms. The molecule has 118 valence electrons. The smallest absolute Gasteiger partial charge is 0.288 e. The summed E-state index contributed by atoms with van der Waals surface area (Å²) in [5.41, 5.74) is 3.54. The Kier molecular flexibility index (Phi) is 3.46. The van der Waals surface area contributed by atoms with Crippen molar-refractivity contribution in [3.8, 4) is 0 Å². The molecule has 0 radical (unpaired) electrons. The lowest BCUT2D eigenvalue weighted by Crippen LogP contribution is -2.28. The minimum atomic E-state index is -0.206. The maximum absolute atomic E-state index is 12.7. The Morgan fingerprint density at radius 1 is 1.00 bits per heavy atom. The lowest BCUT2D eigenvalue weighted by Gasteiger charge is -2.14. The topological polar surface area (TPSA) is 59.3 Å². The van der Waals surface area contributed by atoms with Crippen LogP contribution in [0.2, 0.25) is 0 Å². The first-order valence-corrected chi connectivity index (χ1v) is 7.81. The SMILES string of the molecule is CC(NC(=O)c1ncc2cnc3ccccc3n12)c1ccccc1. The van der Waals surface area contributed by atoms with Crippen LogP contribution in [0.1, 0.15) is 29.1 Å². The van der Waals surface area contributed by atoms with Gasteiger partial charge in [0.15, 0.2) is 0 Å². The van der Waals surface area contributed by atoms with Crippen LogP contribution in [0, 0.1) is 0 Å². The minimum Gasteiger partial charge on any atom is -0.343 e. The molecule has 1 N–H and O–H groups in total. The third kappa shape index (κ3) is 2.40. The molecule has 2 aromatic heterocycles. The van der Waals surface area contributed by atoms with Gasteiger partial charge in [-0.1, -0.05) is 42.5 Å². The Hall–Kier alpha value is -3.21. The average Bonchev–Trinajstić information content (AvgIpc) is 3.07. The third-order valence-corrected chi connectivity index (χ3v) is 4.10. The van der Waals surface area contributed by atoms with Gasteiger partial charge in [0.05, 0.1) is 35.0 Å². The number of carbonyl (C=O) groups is 1. The van der Waals surface area contributed by atoms with Crippen LogP contribution in [-0.4, -0.2) is 20.3 Å². The van der Waals surface area contributed by atoms with Crippen LogP contribution in [0.25, 0.3) is 16.6 Å². The molecule has 0 saturated carbocycles. The average molecular weight is 316 g/mol. The van der Waals surface area contributed by atoms with Gasteiger partial charge in [-0.05, 0) is 24.6 Å².